The van der Waals surface area contributed by atoms with Gasteiger partial charge in [-0.25, -0.2) is 8.42 Å². The average Bonchev–Trinajstić information content (AvgIpc) is 2.93. The van der Waals surface area contributed by atoms with E-state index in [2.05, 4.69) is 5.32 Å². The fourth-order valence-corrected chi connectivity index (χ4v) is 5.73. The fourth-order valence-electron chi connectivity index (χ4n) is 4.57. The Bertz CT molecular complexity index is 1440. The quantitative estimate of drug-likeness (QED) is 0.277. The first-order chi connectivity index (χ1) is 19.8. The molecule has 1 atom stereocenters. The van der Waals surface area contributed by atoms with Gasteiger partial charge >= 0.3 is 0 Å². The number of nitrogens with one attached hydrogen (secondary N) is 1. The second-order valence-corrected chi connectivity index (χ2v) is 13.5. The van der Waals surface area contributed by atoms with Gasteiger partial charge in [-0.2, -0.15) is 0 Å². The third kappa shape index (κ3) is 9.77. The zero-order chi connectivity index (χ0) is 30.9. The highest BCUT2D eigenvalue weighted by molar-refractivity contribution is 7.92. The van der Waals surface area contributed by atoms with Crippen molar-refractivity contribution in [1.29, 1.82) is 0 Å². The number of rotatable bonds is 13. The van der Waals surface area contributed by atoms with Crippen molar-refractivity contribution in [3.8, 4) is 5.75 Å². The van der Waals surface area contributed by atoms with E-state index in [4.69, 9.17) is 16.3 Å². The molecule has 3 aromatic carbocycles. The Morgan fingerprint density at radius 2 is 1.57 bits per heavy atom. The summed E-state index contributed by atoms with van der Waals surface area (Å²) in [6, 6.07) is 22.7. The smallest absolute Gasteiger partial charge is 0.243 e. The molecule has 0 saturated carbocycles. The summed E-state index contributed by atoms with van der Waals surface area (Å²) in [5.74, 6) is 0.0569. The lowest BCUT2D eigenvalue weighted by molar-refractivity contribution is -0.142. The van der Waals surface area contributed by atoms with Gasteiger partial charge in [0.2, 0.25) is 21.8 Å². The molecule has 0 aliphatic carbocycles. The summed E-state index contributed by atoms with van der Waals surface area (Å²) in [6.07, 6.45) is 1.71. The molecule has 3 rings (SSSR count). The van der Waals surface area contributed by atoms with Crippen molar-refractivity contribution in [2.45, 2.75) is 58.2 Å². The lowest BCUT2D eigenvalue weighted by Gasteiger charge is -2.34. The molecule has 0 aliphatic rings. The molecule has 226 valence electrons. The van der Waals surface area contributed by atoms with Crippen LogP contribution in [0.1, 0.15) is 44.7 Å². The largest absolute Gasteiger partial charge is 0.497 e. The molecular formula is C32H40ClN3O5S. The van der Waals surface area contributed by atoms with E-state index in [1.807, 2.05) is 69.3 Å². The van der Waals surface area contributed by atoms with Crippen molar-refractivity contribution < 1.29 is 22.7 Å². The van der Waals surface area contributed by atoms with Crippen LogP contribution in [0.3, 0.4) is 0 Å². The summed E-state index contributed by atoms with van der Waals surface area (Å²) in [5, 5.41) is 3.53. The average molecular weight is 614 g/mol. The molecule has 0 saturated heterocycles. The van der Waals surface area contributed by atoms with Gasteiger partial charge in [0.1, 0.15) is 11.8 Å². The monoisotopic (exact) mass is 613 g/mol. The summed E-state index contributed by atoms with van der Waals surface area (Å²) in [4.78, 5) is 29.2. The SMILES string of the molecule is COc1ccc(N(CCCC(=O)N(Cc2ccccc2Cl)[C@@H](Cc2ccccc2)C(=O)NC(C)(C)C)S(C)(=O)=O)cc1. The van der Waals surface area contributed by atoms with Crippen LogP contribution in [0.15, 0.2) is 78.9 Å². The second kappa shape index (κ2) is 14.6. The highest BCUT2D eigenvalue weighted by atomic mass is 35.5. The maximum atomic E-state index is 13.9. The molecule has 0 radical (unpaired) electrons. The zero-order valence-electron chi connectivity index (χ0n) is 24.8. The van der Waals surface area contributed by atoms with E-state index in [1.165, 1.54) is 11.4 Å². The number of halogens is 1. The molecule has 0 spiro atoms. The van der Waals surface area contributed by atoms with Crippen molar-refractivity contribution in [1.82, 2.24) is 10.2 Å². The standard InChI is InChI=1S/C32H40ClN3O5S/c1-32(2,3)34-31(38)29(22-24-12-7-6-8-13-24)35(23-25-14-9-10-15-28(25)33)30(37)16-11-21-36(42(5,39)40)26-17-19-27(41-4)20-18-26/h6-10,12-15,17-20,29H,11,16,21-23H2,1-5H3,(H,34,38)/t29-/m0/s1. The van der Waals surface area contributed by atoms with E-state index >= 15 is 0 Å². The van der Waals surface area contributed by atoms with E-state index in [0.717, 1.165) is 11.8 Å². The Kier molecular flexibility index (Phi) is 11.4. The Morgan fingerprint density at radius 1 is 0.952 bits per heavy atom. The molecule has 2 amide bonds. The van der Waals surface area contributed by atoms with E-state index in [0.29, 0.717) is 28.4 Å². The molecule has 0 fully saturated rings. The third-order valence-electron chi connectivity index (χ3n) is 6.58. The molecule has 8 nitrogen and oxygen atoms in total. The predicted molar refractivity (Wildman–Crippen MR) is 168 cm³/mol. The number of sulfonamides is 1. The van der Waals surface area contributed by atoms with Gasteiger partial charge in [0.25, 0.3) is 0 Å². The Hall–Kier alpha value is -3.56. The van der Waals surface area contributed by atoms with E-state index in [9.17, 15) is 18.0 Å². The molecule has 0 aliphatic heterocycles. The number of ether oxygens (including phenoxy) is 1. The molecule has 42 heavy (non-hydrogen) atoms. The van der Waals surface area contributed by atoms with Crippen molar-refractivity contribution in [2.75, 3.05) is 24.2 Å². The number of anilines is 1. The number of hydrogen-bond acceptors (Lipinski definition) is 5. The van der Waals surface area contributed by atoms with E-state index in [-0.39, 0.29) is 37.7 Å². The van der Waals surface area contributed by atoms with Crippen LogP contribution in [0.5, 0.6) is 5.75 Å². The number of carbonyl (C=O) groups excluding carboxylic acids is 2. The van der Waals surface area contributed by atoms with Gasteiger partial charge in [-0.1, -0.05) is 60.1 Å². The summed E-state index contributed by atoms with van der Waals surface area (Å²) in [6.45, 7) is 5.90. The van der Waals surface area contributed by atoms with Gasteiger partial charge in [-0.3, -0.25) is 13.9 Å². The molecule has 10 heteroatoms. The first-order valence-electron chi connectivity index (χ1n) is 13.8. The maximum absolute atomic E-state index is 13.9. The van der Waals surface area contributed by atoms with Crippen molar-refractivity contribution in [2.24, 2.45) is 0 Å². The Balaban J connectivity index is 1.90. The van der Waals surface area contributed by atoms with Gasteiger partial charge in [-0.15, -0.1) is 0 Å². The summed E-state index contributed by atoms with van der Waals surface area (Å²) < 4.78 is 31.7. The van der Waals surface area contributed by atoms with Crippen LogP contribution in [0, 0.1) is 0 Å². The molecule has 3 aromatic rings. The lowest BCUT2D eigenvalue weighted by atomic mass is 10.00. The normalized spacial score (nSPS) is 12.3. The lowest BCUT2D eigenvalue weighted by Crippen LogP contribution is -2.54. The molecule has 1 N–H and O–H groups in total. The zero-order valence-corrected chi connectivity index (χ0v) is 26.4. The van der Waals surface area contributed by atoms with Crippen LogP contribution in [0.2, 0.25) is 5.02 Å². The number of methoxy groups -OCH3 is 1. The van der Waals surface area contributed by atoms with Gasteiger partial charge in [0.15, 0.2) is 0 Å². The van der Waals surface area contributed by atoms with Crippen LogP contribution >= 0.6 is 11.6 Å². The summed E-state index contributed by atoms with van der Waals surface area (Å²) in [5.41, 5.74) is 1.58. The van der Waals surface area contributed by atoms with Gasteiger partial charge < -0.3 is 15.0 Å². The van der Waals surface area contributed by atoms with E-state index in [1.54, 1.807) is 35.2 Å². The van der Waals surface area contributed by atoms with E-state index < -0.39 is 21.6 Å². The Labute approximate surface area is 254 Å². The topological polar surface area (TPSA) is 96.0 Å². The molecule has 0 bridgehead atoms. The summed E-state index contributed by atoms with van der Waals surface area (Å²) in [7, 11) is -2.08. The van der Waals surface area contributed by atoms with Gasteiger partial charge in [0, 0.05) is 36.5 Å². The first kappa shape index (κ1) is 32.9. The fraction of sp³-hybridized carbons (Fsp3) is 0.375. The van der Waals surface area contributed by atoms with Crippen molar-refractivity contribution >= 4 is 39.1 Å². The maximum Gasteiger partial charge on any atom is 0.243 e. The molecule has 0 heterocycles. The minimum Gasteiger partial charge on any atom is -0.497 e. The summed E-state index contributed by atoms with van der Waals surface area (Å²) >= 11 is 6.49. The first-order valence-corrected chi connectivity index (χ1v) is 16.0. The number of carbonyl (C=O) groups is 2. The van der Waals surface area contributed by atoms with Crippen LogP contribution in [0.4, 0.5) is 5.69 Å². The number of nitrogens with zero attached hydrogens (tertiary/aromatic N) is 2. The minimum atomic E-state index is -3.61. The van der Waals surface area contributed by atoms with Crippen LogP contribution < -0.4 is 14.4 Å². The van der Waals surface area contributed by atoms with Crippen LogP contribution in [-0.2, 0) is 32.6 Å². The number of hydrogen-bond donors (Lipinski definition) is 1. The van der Waals surface area contributed by atoms with Crippen molar-refractivity contribution in [3.05, 3.63) is 95.0 Å². The minimum absolute atomic E-state index is 0.0285. The highest BCUT2D eigenvalue weighted by Crippen LogP contribution is 2.24. The second-order valence-electron chi connectivity index (χ2n) is 11.2. The third-order valence-corrected chi connectivity index (χ3v) is 8.14. The number of amides is 2. The number of benzene rings is 3. The molecule has 0 aromatic heterocycles. The van der Waals surface area contributed by atoms with Crippen molar-refractivity contribution in [3.63, 3.8) is 0 Å². The van der Waals surface area contributed by atoms with Gasteiger partial charge in [-0.05, 0) is 68.7 Å². The highest BCUT2D eigenvalue weighted by Gasteiger charge is 2.32. The van der Waals surface area contributed by atoms with Crippen LogP contribution in [0.25, 0.3) is 0 Å². The predicted octanol–water partition coefficient (Wildman–Crippen LogP) is 5.45. The molecular weight excluding hydrogens is 574 g/mol. The van der Waals surface area contributed by atoms with Crippen LogP contribution in [-0.4, -0.2) is 56.6 Å². The van der Waals surface area contributed by atoms with Gasteiger partial charge in [0.05, 0.1) is 19.1 Å². The molecule has 0 unspecified atom stereocenters. The Morgan fingerprint density at radius 3 is 2.14 bits per heavy atom.